The number of aliphatic hydroxyl groups is 1. The fourth-order valence-electron chi connectivity index (χ4n) is 2.70. The van der Waals surface area contributed by atoms with Crippen molar-refractivity contribution in [1.29, 1.82) is 0 Å². The molecule has 1 unspecified atom stereocenters. The lowest BCUT2D eigenvalue weighted by Crippen LogP contribution is -2.35. The van der Waals surface area contributed by atoms with Gasteiger partial charge in [0.25, 0.3) is 0 Å². The zero-order valence-corrected chi connectivity index (χ0v) is 13.9. The van der Waals surface area contributed by atoms with Crippen LogP contribution < -0.4 is 5.32 Å². The maximum atomic E-state index is 10.6. The van der Waals surface area contributed by atoms with Crippen molar-refractivity contribution in [3.63, 3.8) is 0 Å². The van der Waals surface area contributed by atoms with Crippen LogP contribution in [0.1, 0.15) is 23.6 Å². The summed E-state index contributed by atoms with van der Waals surface area (Å²) in [6.45, 7) is 3.76. The Bertz CT molecular complexity index is 751. The molecule has 1 heterocycles. The molecule has 2 aromatic carbocycles. The minimum Gasteiger partial charge on any atom is -0.384 e. The summed E-state index contributed by atoms with van der Waals surface area (Å²) < 4.78 is 1.93. The van der Waals surface area contributed by atoms with Crippen LogP contribution in [-0.2, 0) is 18.7 Å². The molecule has 1 atom stereocenters. The predicted octanol–water partition coefficient (Wildman–Crippen LogP) is 2.93. The van der Waals surface area contributed by atoms with Gasteiger partial charge in [0, 0.05) is 24.8 Å². The highest BCUT2D eigenvalue weighted by Crippen LogP contribution is 2.19. The van der Waals surface area contributed by atoms with E-state index in [1.54, 1.807) is 0 Å². The summed E-state index contributed by atoms with van der Waals surface area (Å²) in [6.07, 6.45) is 3.91. The van der Waals surface area contributed by atoms with Gasteiger partial charge in [-0.1, -0.05) is 60.7 Å². The van der Waals surface area contributed by atoms with Crippen molar-refractivity contribution in [2.24, 2.45) is 0 Å². The van der Waals surface area contributed by atoms with Crippen LogP contribution in [0.15, 0.2) is 73.1 Å². The lowest BCUT2D eigenvalue weighted by atomic mass is 9.96. The first-order chi connectivity index (χ1) is 11.6. The zero-order chi connectivity index (χ0) is 16.8. The second-order valence-electron chi connectivity index (χ2n) is 6.28. The molecular weight excluding hydrogens is 298 g/mol. The maximum absolute atomic E-state index is 10.6. The van der Waals surface area contributed by atoms with E-state index in [0.717, 1.165) is 17.7 Å². The van der Waals surface area contributed by atoms with Crippen LogP contribution in [0.2, 0.25) is 0 Å². The maximum Gasteiger partial charge on any atom is 0.0992 e. The Balaban J connectivity index is 1.52. The lowest BCUT2D eigenvalue weighted by molar-refractivity contribution is 0.0567. The Morgan fingerprint density at radius 1 is 1.00 bits per heavy atom. The first-order valence-corrected chi connectivity index (χ1v) is 8.17. The molecule has 1 aromatic heterocycles. The molecule has 4 heteroatoms. The van der Waals surface area contributed by atoms with Crippen molar-refractivity contribution < 1.29 is 5.11 Å². The molecule has 0 fully saturated rings. The van der Waals surface area contributed by atoms with Crippen LogP contribution in [-0.4, -0.2) is 21.4 Å². The van der Waals surface area contributed by atoms with Gasteiger partial charge in [-0.2, -0.15) is 5.10 Å². The van der Waals surface area contributed by atoms with E-state index >= 15 is 0 Å². The first kappa shape index (κ1) is 16.4. The normalized spacial score (nSPS) is 13.6. The number of aromatic nitrogens is 2. The van der Waals surface area contributed by atoms with Crippen molar-refractivity contribution >= 4 is 0 Å². The largest absolute Gasteiger partial charge is 0.384 e. The Labute approximate surface area is 142 Å². The Morgan fingerprint density at radius 2 is 1.67 bits per heavy atom. The highest BCUT2D eigenvalue weighted by Gasteiger charge is 2.21. The molecule has 2 N–H and O–H groups in total. The van der Waals surface area contributed by atoms with E-state index in [2.05, 4.69) is 22.5 Å². The summed E-state index contributed by atoms with van der Waals surface area (Å²) in [5.74, 6) is 0. The summed E-state index contributed by atoms with van der Waals surface area (Å²) >= 11 is 0. The van der Waals surface area contributed by atoms with Gasteiger partial charge in [0.1, 0.15) is 0 Å². The van der Waals surface area contributed by atoms with Gasteiger partial charge in [0.05, 0.1) is 18.3 Å². The molecule has 3 aromatic rings. The Hall–Kier alpha value is -2.43. The van der Waals surface area contributed by atoms with Gasteiger partial charge in [-0.05, 0) is 18.1 Å². The van der Waals surface area contributed by atoms with Crippen LogP contribution in [0.5, 0.6) is 0 Å². The second kappa shape index (κ2) is 7.43. The number of hydrogen-bond donors (Lipinski definition) is 2. The summed E-state index contributed by atoms with van der Waals surface area (Å²) in [7, 11) is 0. The van der Waals surface area contributed by atoms with Crippen LogP contribution >= 0.6 is 0 Å². The van der Waals surface area contributed by atoms with E-state index in [4.69, 9.17) is 0 Å². The average molecular weight is 321 g/mol. The molecule has 124 valence electrons. The summed E-state index contributed by atoms with van der Waals surface area (Å²) in [4.78, 5) is 0. The molecule has 0 spiro atoms. The quantitative estimate of drug-likeness (QED) is 0.703. The van der Waals surface area contributed by atoms with Crippen molar-refractivity contribution in [3.05, 3.63) is 89.7 Å². The number of nitrogens with zero attached hydrogens (tertiary/aromatic N) is 2. The number of benzene rings is 2. The minimum atomic E-state index is -0.888. The molecule has 0 aliphatic heterocycles. The molecule has 4 nitrogen and oxygen atoms in total. The molecule has 0 saturated carbocycles. The first-order valence-electron chi connectivity index (χ1n) is 8.17. The minimum absolute atomic E-state index is 0.487. The van der Waals surface area contributed by atoms with Gasteiger partial charge < -0.3 is 10.4 Å². The van der Waals surface area contributed by atoms with Gasteiger partial charge in [0.15, 0.2) is 0 Å². The fraction of sp³-hybridized carbons (Fsp3) is 0.250. The molecule has 0 amide bonds. The van der Waals surface area contributed by atoms with Crippen LogP contribution in [0.4, 0.5) is 0 Å². The molecule has 0 saturated heterocycles. The molecule has 0 bridgehead atoms. The number of rotatable bonds is 7. The van der Waals surface area contributed by atoms with Crippen molar-refractivity contribution in [3.8, 4) is 0 Å². The van der Waals surface area contributed by atoms with Gasteiger partial charge in [-0.25, -0.2) is 0 Å². The second-order valence-corrected chi connectivity index (χ2v) is 6.28. The monoisotopic (exact) mass is 321 g/mol. The SMILES string of the molecule is CC(O)(CNCc1cnn(Cc2ccccc2)c1)c1ccccc1. The molecule has 0 radical (unpaired) electrons. The smallest absolute Gasteiger partial charge is 0.0992 e. The van der Waals surface area contributed by atoms with E-state index < -0.39 is 5.60 Å². The van der Waals surface area contributed by atoms with Gasteiger partial charge >= 0.3 is 0 Å². The summed E-state index contributed by atoms with van der Waals surface area (Å²) in [6, 6.07) is 20.0. The average Bonchev–Trinajstić information content (AvgIpc) is 3.04. The van der Waals surface area contributed by atoms with Gasteiger partial charge in [0.2, 0.25) is 0 Å². The zero-order valence-electron chi connectivity index (χ0n) is 13.9. The van der Waals surface area contributed by atoms with E-state index in [-0.39, 0.29) is 0 Å². The van der Waals surface area contributed by atoms with E-state index in [0.29, 0.717) is 13.1 Å². The van der Waals surface area contributed by atoms with Crippen molar-refractivity contribution in [1.82, 2.24) is 15.1 Å². The van der Waals surface area contributed by atoms with E-state index in [1.165, 1.54) is 5.56 Å². The van der Waals surface area contributed by atoms with E-state index in [1.807, 2.05) is 72.5 Å². The molecule has 24 heavy (non-hydrogen) atoms. The molecule has 3 rings (SSSR count). The highest BCUT2D eigenvalue weighted by atomic mass is 16.3. The predicted molar refractivity (Wildman–Crippen MR) is 95.5 cm³/mol. The molecule has 0 aliphatic rings. The van der Waals surface area contributed by atoms with Crippen LogP contribution in [0, 0.1) is 0 Å². The Kier molecular flexibility index (Phi) is 5.08. The summed E-state index contributed by atoms with van der Waals surface area (Å²) in [5, 5.41) is 18.3. The van der Waals surface area contributed by atoms with Crippen LogP contribution in [0.3, 0.4) is 0 Å². The molecule has 0 aliphatic carbocycles. The van der Waals surface area contributed by atoms with Gasteiger partial charge in [-0.3, -0.25) is 4.68 Å². The summed E-state index contributed by atoms with van der Waals surface area (Å²) in [5.41, 5.74) is 2.36. The third-order valence-corrected chi connectivity index (χ3v) is 4.07. The third kappa shape index (κ3) is 4.31. The van der Waals surface area contributed by atoms with Crippen molar-refractivity contribution in [2.75, 3.05) is 6.54 Å². The van der Waals surface area contributed by atoms with Crippen molar-refractivity contribution in [2.45, 2.75) is 25.6 Å². The highest BCUT2D eigenvalue weighted by molar-refractivity contribution is 5.22. The van der Waals surface area contributed by atoms with Crippen LogP contribution in [0.25, 0.3) is 0 Å². The topological polar surface area (TPSA) is 50.1 Å². The third-order valence-electron chi connectivity index (χ3n) is 4.07. The van der Waals surface area contributed by atoms with Gasteiger partial charge in [-0.15, -0.1) is 0 Å². The number of hydrogen-bond acceptors (Lipinski definition) is 3. The Morgan fingerprint density at radius 3 is 2.38 bits per heavy atom. The lowest BCUT2D eigenvalue weighted by Gasteiger charge is -2.24. The van der Waals surface area contributed by atoms with E-state index in [9.17, 15) is 5.11 Å². The standard InChI is InChI=1S/C20H23N3O/c1-20(24,19-10-6-3-7-11-19)16-21-12-18-13-22-23(15-18)14-17-8-4-2-5-9-17/h2-11,13,15,21,24H,12,14,16H2,1H3. The molecular formula is C20H23N3O. The fourth-order valence-corrected chi connectivity index (χ4v) is 2.70. The number of nitrogens with one attached hydrogen (secondary N) is 1.